The van der Waals surface area contributed by atoms with Gasteiger partial charge in [0.1, 0.15) is 0 Å². The van der Waals surface area contributed by atoms with E-state index in [0.29, 0.717) is 4.75 Å². The fourth-order valence-corrected chi connectivity index (χ4v) is 3.84. The molecule has 15 heavy (non-hydrogen) atoms. The molecule has 3 aliphatic heterocycles. The fraction of sp³-hybridized carbons (Fsp3) is 1.00. The summed E-state index contributed by atoms with van der Waals surface area (Å²) in [5, 5.41) is 3.84. The lowest BCUT2D eigenvalue weighted by Gasteiger charge is -2.45. The van der Waals surface area contributed by atoms with Gasteiger partial charge in [-0.2, -0.15) is 11.8 Å². The predicted molar refractivity (Wildman–Crippen MR) is 66.4 cm³/mol. The van der Waals surface area contributed by atoms with Crippen LogP contribution in [0.15, 0.2) is 0 Å². The average molecular weight is 226 g/mol. The van der Waals surface area contributed by atoms with Crippen LogP contribution in [0, 0.1) is 5.92 Å². The van der Waals surface area contributed by atoms with Crippen molar-refractivity contribution in [2.24, 2.45) is 5.92 Å². The molecule has 2 nitrogen and oxygen atoms in total. The Balaban J connectivity index is 1.51. The van der Waals surface area contributed by atoms with Crippen molar-refractivity contribution in [2.45, 2.75) is 36.5 Å². The normalized spacial score (nSPS) is 41.8. The number of piperidine rings is 3. The molecule has 1 atom stereocenters. The molecule has 0 aromatic carbocycles. The summed E-state index contributed by atoms with van der Waals surface area (Å²) < 4.78 is 0.631. The fourth-order valence-electron chi connectivity index (χ4n) is 3.11. The first kappa shape index (κ1) is 10.4. The van der Waals surface area contributed by atoms with Crippen molar-refractivity contribution in [3.8, 4) is 0 Å². The lowest BCUT2D eigenvalue weighted by molar-refractivity contribution is 0.0728. The molecule has 0 amide bonds. The number of hydrogen-bond acceptors (Lipinski definition) is 3. The Morgan fingerprint density at radius 3 is 2.53 bits per heavy atom. The summed E-state index contributed by atoms with van der Waals surface area (Å²) in [7, 11) is 0. The molecule has 1 N–H and O–H groups in total. The summed E-state index contributed by atoms with van der Waals surface area (Å²) in [4.78, 5) is 2.64. The Morgan fingerprint density at radius 2 is 2.07 bits per heavy atom. The maximum Gasteiger partial charge on any atom is 0.0282 e. The molecule has 3 heterocycles. The van der Waals surface area contributed by atoms with Crippen molar-refractivity contribution in [2.75, 3.05) is 32.4 Å². The van der Waals surface area contributed by atoms with E-state index in [2.05, 4.69) is 28.2 Å². The Morgan fingerprint density at radius 1 is 1.33 bits per heavy atom. The second kappa shape index (κ2) is 3.94. The van der Waals surface area contributed by atoms with E-state index in [1.165, 1.54) is 51.9 Å². The molecule has 3 saturated heterocycles. The molecule has 4 rings (SSSR count). The van der Waals surface area contributed by atoms with E-state index < -0.39 is 0 Å². The molecule has 0 radical (unpaired) electrons. The Kier molecular flexibility index (Phi) is 2.74. The van der Waals surface area contributed by atoms with Gasteiger partial charge < -0.3 is 10.2 Å². The molecule has 0 aromatic heterocycles. The zero-order chi connectivity index (χ0) is 10.3. The van der Waals surface area contributed by atoms with E-state index in [1.54, 1.807) is 0 Å². The van der Waals surface area contributed by atoms with Gasteiger partial charge in [0, 0.05) is 23.9 Å². The van der Waals surface area contributed by atoms with Gasteiger partial charge in [0.15, 0.2) is 0 Å². The molecule has 1 saturated carbocycles. The van der Waals surface area contributed by atoms with Gasteiger partial charge in [-0.25, -0.2) is 0 Å². The van der Waals surface area contributed by atoms with E-state index >= 15 is 0 Å². The highest BCUT2D eigenvalue weighted by atomic mass is 32.2. The lowest BCUT2D eigenvalue weighted by atomic mass is 9.84. The SMILES string of the molecule is CSC1(CNC2CN3CCC2CC3)CC1. The molecule has 86 valence electrons. The van der Waals surface area contributed by atoms with Crippen molar-refractivity contribution in [1.82, 2.24) is 10.2 Å². The molecule has 2 bridgehead atoms. The highest BCUT2D eigenvalue weighted by Crippen LogP contribution is 2.46. The summed E-state index contributed by atoms with van der Waals surface area (Å²) in [5.74, 6) is 0.979. The van der Waals surface area contributed by atoms with Crippen molar-refractivity contribution in [3.63, 3.8) is 0 Å². The van der Waals surface area contributed by atoms with Gasteiger partial charge in [0.2, 0.25) is 0 Å². The quantitative estimate of drug-likeness (QED) is 0.783. The minimum absolute atomic E-state index is 0.631. The molecule has 3 heteroatoms. The summed E-state index contributed by atoms with van der Waals surface area (Å²) >= 11 is 2.07. The Bertz CT molecular complexity index is 232. The standard InChI is InChI=1S/C12H22N2S/c1-15-12(4-5-12)9-13-11-8-14-6-2-10(11)3-7-14/h10-11,13H,2-9H2,1H3. The van der Waals surface area contributed by atoms with E-state index in [9.17, 15) is 0 Å². The van der Waals surface area contributed by atoms with Crippen LogP contribution in [0.5, 0.6) is 0 Å². The molecular formula is C12H22N2S. The van der Waals surface area contributed by atoms with Crippen LogP contribution in [0.2, 0.25) is 0 Å². The summed E-state index contributed by atoms with van der Waals surface area (Å²) in [6.45, 7) is 5.28. The lowest BCUT2D eigenvalue weighted by Crippen LogP contribution is -2.57. The number of thioether (sulfide) groups is 1. The summed E-state index contributed by atoms with van der Waals surface area (Å²) in [5.41, 5.74) is 0. The van der Waals surface area contributed by atoms with Gasteiger partial charge in [-0.3, -0.25) is 0 Å². The third kappa shape index (κ3) is 2.06. The van der Waals surface area contributed by atoms with Gasteiger partial charge >= 0.3 is 0 Å². The van der Waals surface area contributed by atoms with Crippen LogP contribution in [0.3, 0.4) is 0 Å². The monoisotopic (exact) mass is 226 g/mol. The highest BCUT2D eigenvalue weighted by Gasteiger charge is 2.43. The predicted octanol–water partition coefficient (Wildman–Crippen LogP) is 1.57. The first-order chi connectivity index (χ1) is 7.31. The van der Waals surface area contributed by atoms with Crippen LogP contribution in [0.1, 0.15) is 25.7 Å². The maximum absolute atomic E-state index is 3.84. The topological polar surface area (TPSA) is 15.3 Å². The van der Waals surface area contributed by atoms with Crippen molar-refractivity contribution < 1.29 is 0 Å². The van der Waals surface area contributed by atoms with Crippen molar-refractivity contribution >= 4 is 11.8 Å². The zero-order valence-corrected chi connectivity index (χ0v) is 10.5. The second-order valence-electron chi connectivity index (χ2n) is 5.51. The van der Waals surface area contributed by atoms with Crippen molar-refractivity contribution in [1.29, 1.82) is 0 Å². The second-order valence-corrected chi connectivity index (χ2v) is 6.79. The molecular weight excluding hydrogens is 204 g/mol. The van der Waals surface area contributed by atoms with Gasteiger partial charge in [-0.1, -0.05) is 0 Å². The third-order valence-electron chi connectivity index (χ3n) is 4.58. The van der Waals surface area contributed by atoms with E-state index in [4.69, 9.17) is 0 Å². The molecule has 1 unspecified atom stereocenters. The zero-order valence-electron chi connectivity index (χ0n) is 9.67. The molecule has 0 aromatic rings. The smallest absolute Gasteiger partial charge is 0.0282 e. The molecule has 1 aliphatic carbocycles. The average Bonchev–Trinajstić information content (AvgIpc) is 3.09. The number of hydrogen-bond donors (Lipinski definition) is 1. The van der Waals surface area contributed by atoms with Gasteiger partial charge in [-0.15, -0.1) is 0 Å². The molecule has 4 fully saturated rings. The number of fused-ring (bicyclic) bond motifs is 3. The van der Waals surface area contributed by atoms with E-state index in [0.717, 1.165) is 12.0 Å². The Hall–Kier alpha value is 0.270. The minimum atomic E-state index is 0.631. The van der Waals surface area contributed by atoms with Crippen LogP contribution in [-0.2, 0) is 0 Å². The third-order valence-corrected chi connectivity index (χ3v) is 6.00. The summed E-state index contributed by atoms with van der Waals surface area (Å²) in [6.07, 6.45) is 8.00. The maximum atomic E-state index is 3.84. The van der Waals surface area contributed by atoms with Crippen LogP contribution >= 0.6 is 11.8 Å². The number of nitrogens with zero attached hydrogens (tertiary/aromatic N) is 1. The summed E-state index contributed by atoms with van der Waals surface area (Å²) in [6, 6.07) is 0.803. The van der Waals surface area contributed by atoms with Crippen LogP contribution in [-0.4, -0.2) is 48.1 Å². The van der Waals surface area contributed by atoms with E-state index in [1.807, 2.05) is 0 Å². The first-order valence-corrected chi connectivity index (χ1v) is 7.55. The largest absolute Gasteiger partial charge is 0.311 e. The van der Waals surface area contributed by atoms with Gasteiger partial charge in [-0.05, 0) is 50.9 Å². The van der Waals surface area contributed by atoms with Gasteiger partial charge in [0.05, 0.1) is 0 Å². The Labute approximate surface area is 97.2 Å². The molecule has 0 spiro atoms. The number of nitrogens with one attached hydrogen (secondary N) is 1. The van der Waals surface area contributed by atoms with Crippen LogP contribution < -0.4 is 5.32 Å². The van der Waals surface area contributed by atoms with Crippen molar-refractivity contribution in [3.05, 3.63) is 0 Å². The highest BCUT2D eigenvalue weighted by molar-refractivity contribution is 8.00. The number of rotatable bonds is 4. The van der Waals surface area contributed by atoms with Crippen LogP contribution in [0.4, 0.5) is 0 Å². The minimum Gasteiger partial charge on any atom is -0.311 e. The molecule has 4 aliphatic rings. The first-order valence-electron chi connectivity index (χ1n) is 6.32. The van der Waals surface area contributed by atoms with E-state index in [-0.39, 0.29) is 0 Å². The van der Waals surface area contributed by atoms with Crippen LogP contribution in [0.25, 0.3) is 0 Å². The van der Waals surface area contributed by atoms with Gasteiger partial charge in [0.25, 0.3) is 0 Å².